The molecule has 0 atom stereocenters. The molecule has 0 radical (unpaired) electrons. The molecule has 0 saturated carbocycles. The van der Waals surface area contributed by atoms with Crippen LogP contribution in [-0.2, 0) is 20.2 Å². The van der Waals surface area contributed by atoms with Gasteiger partial charge in [0.25, 0.3) is 0 Å². The summed E-state index contributed by atoms with van der Waals surface area (Å²) in [6.45, 7) is 0. The first-order valence-corrected chi connectivity index (χ1v) is 8.88. The maximum atomic E-state index is 11.6. The molecule has 3 aromatic carbocycles. The second kappa shape index (κ2) is 4.75. The van der Waals surface area contributed by atoms with E-state index in [9.17, 15) is 25.9 Å². The highest BCUT2D eigenvalue weighted by Gasteiger charge is 2.20. The second-order valence-corrected chi connectivity index (χ2v) is 7.29. The summed E-state index contributed by atoms with van der Waals surface area (Å²) >= 11 is 0. The predicted molar refractivity (Wildman–Crippen MR) is 77.4 cm³/mol. The highest BCUT2D eigenvalue weighted by atomic mass is 32.2. The maximum absolute atomic E-state index is 11.6. The summed E-state index contributed by atoms with van der Waals surface area (Å²) in [5.41, 5.74) is 0. The van der Waals surface area contributed by atoms with E-state index < -0.39 is 30.0 Å². The first-order chi connectivity index (χ1) is 10.2. The lowest BCUT2D eigenvalue weighted by Gasteiger charge is -2.19. The van der Waals surface area contributed by atoms with Gasteiger partial charge in [-0.3, -0.25) is 0 Å². The van der Waals surface area contributed by atoms with Crippen molar-refractivity contribution in [3.05, 3.63) is 48.5 Å². The fourth-order valence-corrected chi connectivity index (χ4v) is 4.38. The third kappa shape index (κ3) is 2.26. The van der Waals surface area contributed by atoms with Gasteiger partial charge in [-0.15, -0.1) is 0 Å². The van der Waals surface area contributed by atoms with Gasteiger partial charge >= 0.3 is 0 Å². The van der Waals surface area contributed by atoms with Gasteiger partial charge < -0.3 is 9.11 Å². The van der Waals surface area contributed by atoms with E-state index in [-0.39, 0.29) is 21.5 Å². The molecule has 0 aliphatic carbocycles. The molecule has 0 aliphatic rings. The molecule has 3 rings (SSSR count). The fourth-order valence-electron chi connectivity index (χ4n) is 2.59. The zero-order valence-corrected chi connectivity index (χ0v) is 12.5. The van der Waals surface area contributed by atoms with Crippen LogP contribution in [0.3, 0.4) is 0 Å². The topological polar surface area (TPSA) is 114 Å². The van der Waals surface area contributed by atoms with E-state index in [4.69, 9.17) is 0 Å². The van der Waals surface area contributed by atoms with Gasteiger partial charge in [-0.2, -0.15) is 0 Å². The van der Waals surface area contributed by atoms with Crippen molar-refractivity contribution < 1.29 is 25.9 Å². The minimum absolute atomic E-state index is 0.0781. The molecule has 0 unspecified atom stereocenters. The van der Waals surface area contributed by atoms with Crippen LogP contribution in [-0.4, -0.2) is 25.9 Å². The van der Waals surface area contributed by atoms with E-state index in [1.807, 2.05) is 0 Å². The van der Waals surface area contributed by atoms with Gasteiger partial charge in [-0.05, 0) is 0 Å². The summed E-state index contributed by atoms with van der Waals surface area (Å²) in [6.07, 6.45) is 0. The number of hydrogen-bond acceptors (Lipinski definition) is 6. The van der Waals surface area contributed by atoms with Crippen LogP contribution in [0.5, 0.6) is 0 Å². The molecule has 0 aliphatic heterocycles. The van der Waals surface area contributed by atoms with Crippen molar-refractivity contribution in [2.24, 2.45) is 0 Å². The van der Waals surface area contributed by atoms with E-state index in [0.717, 1.165) is 0 Å². The molecule has 114 valence electrons. The van der Waals surface area contributed by atoms with Gasteiger partial charge in [-0.1, -0.05) is 48.5 Å². The third-order valence-electron chi connectivity index (χ3n) is 3.33. The molecule has 0 amide bonds. The smallest absolute Gasteiger partial charge is 0.125 e. The molecule has 0 bridgehead atoms. The Morgan fingerprint density at radius 1 is 0.545 bits per heavy atom. The van der Waals surface area contributed by atoms with Crippen LogP contribution >= 0.6 is 0 Å². The van der Waals surface area contributed by atoms with Crippen LogP contribution in [0.1, 0.15) is 0 Å². The molecule has 0 spiro atoms. The summed E-state index contributed by atoms with van der Waals surface area (Å²) in [4.78, 5) is -1.04. The van der Waals surface area contributed by atoms with Crippen LogP contribution < -0.4 is 0 Å². The highest BCUT2D eigenvalue weighted by Crippen LogP contribution is 2.37. The third-order valence-corrected chi connectivity index (χ3v) is 5.21. The van der Waals surface area contributed by atoms with Crippen molar-refractivity contribution in [3.63, 3.8) is 0 Å². The van der Waals surface area contributed by atoms with E-state index in [0.29, 0.717) is 0 Å². The number of rotatable bonds is 2. The minimum atomic E-state index is -4.87. The molecular formula is C14H8O6S2-2. The monoisotopic (exact) mass is 336 g/mol. The largest absolute Gasteiger partial charge is 0.744 e. The molecule has 0 N–H and O–H groups in total. The summed E-state index contributed by atoms with van der Waals surface area (Å²) in [5.74, 6) is 0. The van der Waals surface area contributed by atoms with Gasteiger partial charge in [0.15, 0.2) is 0 Å². The Balaban J connectivity index is 2.80. The molecule has 6 nitrogen and oxygen atoms in total. The number of fused-ring (bicyclic) bond motifs is 2. The average Bonchev–Trinajstić information content (AvgIpc) is 2.41. The molecule has 3 aromatic rings. The first-order valence-electron chi connectivity index (χ1n) is 6.06. The average molecular weight is 336 g/mol. The molecule has 0 heterocycles. The standard InChI is InChI=1S/C14H10O6S2/c15-21(16,17)13-9-5-1-2-6-10(9)14(22(18,19)20)12-8-4-3-7-11(12)13/h1-8H,(H,15,16,17)(H,18,19,20)/p-2. The van der Waals surface area contributed by atoms with Gasteiger partial charge in [0.1, 0.15) is 20.2 Å². The Kier molecular flexibility index (Phi) is 3.22. The Morgan fingerprint density at radius 3 is 0.955 bits per heavy atom. The van der Waals surface area contributed by atoms with E-state index in [1.54, 1.807) is 0 Å². The predicted octanol–water partition coefficient (Wildman–Crippen LogP) is 1.80. The lowest BCUT2D eigenvalue weighted by Crippen LogP contribution is -2.06. The van der Waals surface area contributed by atoms with Crippen molar-refractivity contribution in [1.29, 1.82) is 0 Å². The van der Waals surface area contributed by atoms with Crippen molar-refractivity contribution in [1.82, 2.24) is 0 Å². The Bertz CT molecular complexity index is 968. The van der Waals surface area contributed by atoms with Crippen molar-refractivity contribution in [3.8, 4) is 0 Å². The zero-order chi connectivity index (χ0) is 16.1. The lowest BCUT2D eigenvalue weighted by atomic mass is 10.0. The maximum Gasteiger partial charge on any atom is 0.125 e. The van der Waals surface area contributed by atoms with Crippen LogP contribution in [0, 0.1) is 0 Å². The molecule has 22 heavy (non-hydrogen) atoms. The summed E-state index contributed by atoms with van der Waals surface area (Å²) in [7, 11) is -9.73. The van der Waals surface area contributed by atoms with E-state index in [1.165, 1.54) is 48.5 Å². The van der Waals surface area contributed by atoms with Crippen LogP contribution in [0.25, 0.3) is 21.5 Å². The summed E-state index contributed by atoms with van der Waals surface area (Å²) in [6, 6.07) is 11.1. The van der Waals surface area contributed by atoms with Crippen LogP contribution in [0.4, 0.5) is 0 Å². The molecule has 0 aromatic heterocycles. The minimum Gasteiger partial charge on any atom is -0.744 e. The van der Waals surface area contributed by atoms with Gasteiger partial charge in [0.2, 0.25) is 0 Å². The fraction of sp³-hybridized carbons (Fsp3) is 0. The van der Waals surface area contributed by atoms with Crippen molar-refractivity contribution >= 4 is 41.8 Å². The van der Waals surface area contributed by atoms with Gasteiger partial charge in [0.05, 0.1) is 9.79 Å². The van der Waals surface area contributed by atoms with Crippen LogP contribution in [0.15, 0.2) is 58.3 Å². The quantitative estimate of drug-likeness (QED) is 0.520. The Hall–Kier alpha value is -2.00. The second-order valence-electron chi connectivity index (χ2n) is 4.66. The molecule has 0 saturated heterocycles. The number of hydrogen-bond donors (Lipinski definition) is 0. The lowest BCUT2D eigenvalue weighted by molar-refractivity contribution is 0.461. The summed E-state index contributed by atoms with van der Waals surface area (Å²) < 4.78 is 69.8. The van der Waals surface area contributed by atoms with Crippen molar-refractivity contribution in [2.45, 2.75) is 9.79 Å². The van der Waals surface area contributed by atoms with Gasteiger partial charge in [0, 0.05) is 21.5 Å². The molecule has 0 fully saturated rings. The van der Waals surface area contributed by atoms with Crippen LogP contribution in [0.2, 0.25) is 0 Å². The van der Waals surface area contributed by atoms with Gasteiger partial charge in [-0.25, -0.2) is 16.8 Å². The molecular weight excluding hydrogens is 328 g/mol. The molecule has 8 heteroatoms. The summed E-state index contributed by atoms with van der Waals surface area (Å²) in [5, 5.41) is -0.312. The Morgan fingerprint density at radius 2 is 0.773 bits per heavy atom. The van der Waals surface area contributed by atoms with E-state index in [2.05, 4.69) is 0 Å². The SMILES string of the molecule is O=S(=O)([O-])c1c2ccccc2c(S(=O)(=O)[O-])c2ccccc12. The Labute approximate surface area is 126 Å². The van der Waals surface area contributed by atoms with Crippen molar-refractivity contribution in [2.75, 3.05) is 0 Å². The normalized spacial score (nSPS) is 12.8. The highest BCUT2D eigenvalue weighted by molar-refractivity contribution is 7.87. The zero-order valence-electron chi connectivity index (χ0n) is 10.9. The first kappa shape index (κ1) is 14.9. The van der Waals surface area contributed by atoms with E-state index >= 15 is 0 Å². The number of benzene rings is 3.